The van der Waals surface area contributed by atoms with Crippen molar-refractivity contribution in [3.8, 4) is 5.75 Å². The van der Waals surface area contributed by atoms with Gasteiger partial charge < -0.3 is 4.74 Å². The maximum atomic E-state index is 5.67. The summed E-state index contributed by atoms with van der Waals surface area (Å²) in [4.78, 5) is 6.88. The van der Waals surface area contributed by atoms with E-state index in [1.54, 1.807) is 0 Å². The standard InChI is InChI=1S/C20H26N2O/c1-2-14-23-19-10-8-17(9-11-19)16-22-13-4-3-7-20(22)18-6-5-12-21-15-18/h5-6,8-12,15,20H,2-4,7,13-14,16H2,1H3/t20-/m1/s1. The van der Waals surface area contributed by atoms with Gasteiger partial charge >= 0.3 is 0 Å². The summed E-state index contributed by atoms with van der Waals surface area (Å²) in [5, 5.41) is 0. The number of benzene rings is 1. The van der Waals surface area contributed by atoms with E-state index in [9.17, 15) is 0 Å². The average molecular weight is 310 g/mol. The van der Waals surface area contributed by atoms with Crippen molar-refractivity contribution in [1.29, 1.82) is 0 Å². The Bertz CT molecular complexity index is 582. The lowest BCUT2D eigenvalue weighted by molar-refractivity contribution is 0.140. The Balaban J connectivity index is 1.67. The molecule has 1 aromatic heterocycles. The molecule has 3 nitrogen and oxygen atoms in total. The van der Waals surface area contributed by atoms with Crippen molar-refractivity contribution in [2.45, 2.75) is 45.2 Å². The maximum Gasteiger partial charge on any atom is 0.119 e. The highest BCUT2D eigenvalue weighted by Gasteiger charge is 2.23. The summed E-state index contributed by atoms with van der Waals surface area (Å²) in [5.74, 6) is 0.970. The normalized spacial score (nSPS) is 18.7. The first-order chi connectivity index (χ1) is 11.4. The summed E-state index contributed by atoms with van der Waals surface area (Å²) in [5.41, 5.74) is 2.69. The molecule has 1 aromatic carbocycles. The van der Waals surface area contributed by atoms with E-state index in [2.05, 4.69) is 47.1 Å². The third kappa shape index (κ3) is 4.32. The molecule has 0 spiro atoms. The molecule has 1 aliphatic rings. The predicted octanol–water partition coefficient (Wildman–Crippen LogP) is 4.60. The molecule has 122 valence electrons. The smallest absolute Gasteiger partial charge is 0.119 e. The van der Waals surface area contributed by atoms with E-state index in [1.807, 2.05) is 18.5 Å². The molecule has 3 heteroatoms. The minimum Gasteiger partial charge on any atom is -0.494 e. The van der Waals surface area contributed by atoms with Gasteiger partial charge in [0.05, 0.1) is 6.61 Å². The van der Waals surface area contributed by atoms with Crippen molar-refractivity contribution in [2.24, 2.45) is 0 Å². The summed E-state index contributed by atoms with van der Waals surface area (Å²) < 4.78 is 5.67. The molecule has 0 aliphatic carbocycles. The number of pyridine rings is 1. The van der Waals surface area contributed by atoms with Crippen molar-refractivity contribution in [1.82, 2.24) is 9.88 Å². The van der Waals surface area contributed by atoms with Crippen LogP contribution in [0.3, 0.4) is 0 Å². The fourth-order valence-electron chi connectivity index (χ4n) is 3.28. The lowest BCUT2D eigenvalue weighted by Crippen LogP contribution is -2.32. The van der Waals surface area contributed by atoms with Crippen LogP contribution in [0.2, 0.25) is 0 Å². The molecule has 2 aromatic rings. The van der Waals surface area contributed by atoms with Crippen LogP contribution in [-0.2, 0) is 6.54 Å². The van der Waals surface area contributed by atoms with Crippen LogP contribution in [0.5, 0.6) is 5.75 Å². The largest absolute Gasteiger partial charge is 0.494 e. The van der Waals surface area contributed by atoms with Gasteiger partial charge in [0.25, 0.3) is 0 Å². The van der Waals surface area contributed by atoms with Gasteiger partial charge in [0.15, 0.2) is 0 Å². The molecule has 0 saturated carbocycles. The van der Waals surface area contributed by atoms with Crippen LogP contribution in [-0.4, -0.2) is 23.0 Å². The second-order valence-electron chi connectivity index (χ2n) is 6.26. The Morgan fingerprint density at radius 1 is 1.17 bits per heavy atom. The molecule has 0 N–H and O–H groups in total. The lowest BCUT2D eigenvalue weighted by Gasteiger charge is -2.36. The monoisotopic (exact) mass is 310 g/mol. The van der Waals surface area contributed by atoms with Crippen LogP contribution < -0.4 is 4.74 Å². The number of nitrogens with zero attached hydrogens (tertiary/aromatic N) is 2. The highest BCUT2D eigenvalue weighted by Crippen LogP contribution is 2.31. The minimum atomic E-state index is 0.494. The second kappa shape index (κ2) is 8.11. The fourth-order valence-corrected chi connectivity index (χ4v) is 3.28. The topological polar surface area (TPSA) is 25.4 Å². The first-order valence-corrected chi connectivity index (χ1v) is 8.72. The number of hydrogen-bond acceptors (Lipinski definition) is 3. The van der Waals surface area contributed by atoms with Crippen LogP contribution >= 0.6 is 0 Å². The van der Waals surface area contributed by atoms with E-state index in [-0.39, 0.29) is 0 Å². The van der Waals surface area contributed by atoms with Gasteiger partial charge in [-0.3, -0.25) is 9.88 Å². The number of likely N-dealkylation sites (tertiary alicyclic amines) is 1. The Morgan fingerprint density at radius 2 is 2.04 bits per heavy atom. The third-order valence-corrected chi connectivity index (χ3v) is 4.46. The second-order valence-corrected chi connectivity index (χ2v) is 6.26. The van der Waals surface area contributed by atoms with E-state index in [0.717, 1.165) is 31.9 Å². The van der Waals surface area contributed by atoms with Gasteiger partial charge in [-0.25, -0.2) is 0 Å². The minimum absolute atomic E-state index is 0.494. The molecule has 1 saturated heterocycles. The van der Waals surface area contributed by atoms with Gasteiger partial charge in [-0.1, -0.05) is 31.5 Å². The molecule has 23 heavy (non-hydrogen) atoms. The third-order valence-electron chi connectivity index (χ3n) is 4.46. The van der Waals surface area contributed by atoms with Gasteiger partial charge in [-0.05, 0) is 55.1 Å². The number of ether oxygens (including phenoxy) is 1. The van der Waals surface area contributed by atoms with Gasteiger partial charge in [-0.2, -0.15) is 0 Å². The highest BCUT2D eigenvalue weighted by molar-refractivity contribution is 5.27. The van der Waals surface area contributed by atoms with Gasteiger partial charge in [0.1, 0.15) is 5.75 Å². The number of piperidine rings is 1. The molecular formula is C20H26N2O. The number of aromatic nitrogens is 1. The summed E-state index contributed by atoms with van der Waals surface area (Å²) in [6.07, 6.45) is 8.73. The fraction of sp³-hybridized carbons (Fsp3) is 0.450. The van der Waals surface area contributed by atoms with E-state index in [4.69, 9.17) is 4.74 Å². The maximum absolute atomic E-state index is 5.67. The van der Waals surface area contributed by atoms with Crippen molar-refractivity contribution in [3.05, 3.63) is 59.9 Å². The highest BCUT2D eigenvalue weighted by atomic mass is 16.5. The van der Waals surface area contributed by atoms with Crippen LogP contribution in [0.15, 0.2) is 48.8 Å². The van der Waals surface area contributed by atoms with Crippen molar-refractivity contribution < 1.29 is 4.74 Å². The van der Waals surface area contributed by atoms with E-state index >= 15 is 0 Å². The summed E-state index contributed by atoms with van der Waals surface area (Å²) >= 11 is 0. The van der Waals surface area contributed by atoms with Crippen LogP contribution in [0.25, 0.3) is 0 Å². The van der Waals surface area contributed by atoms with Crippen molar-refractivity contribution >= 4 is 0 Å². The molecule has 3 rings (SSSR count). The summed E-state index contributed by atoms with van der Waals surface area (Å²) in [7, 11) is 0. The average Bonchev–Trinajstić information content (AvgIpc) is 2.62. The molecule has 0 unspecified atom stereocenters. The van der Waals surface area contributed by atoms with Crippen LogP contribution in [0.1, 0.15) is 49.8 Å². The number of hydrogen-bond donors (Lipinski definition) is 0. The van der Waals surface area contributed by atoms with E-state index < -0.39 is 0 Å². The quantitative estimate of drug-likeness (QED) is 0.780. The molecule has 1 fully saturated rings. The zero-order valence-electron chi connectivity index (χ0n) is 13.9. The Morgan fingerprint density at radius 3 is 2.78 bits per heavy atom. The zero-order valence-corrected chi connectivity index (χ0v) is 13.9. The van der Waals surface area contributed by atoms with E-state index in [0.29, 0.717) is 6.04 Å². The van der Waals surface area contributed by atoms with Gasteiger partial charge in [0.2, 0.25) is 0 Å². The van der Waals surface area contributed by atoms with Crippen LogP contribution in [0, 0.1) is 0 Å². The van der Waals surface area contributed by atoms with E-state index in [1.165, 1.54) is 30.4 Å². The van der Waals surface area contributed by atoms with Gasteiger partial charge in [-0.15, -0.1) is 0 Å². The molecule has 1 aliphatic heterocycles. The van der Waals surface area contributed by atoms with Crippen molar-refractivity contribution in [3.63, 3.8) is 0 Å². The molecule has 0 amide bonds. The Kier molecular flexibility index (Phi) is 5.65. The first kappa shape index (κ1) is 16.0. The SMILES string of the molecule is CCCOc1ccc(CN2CCCC[C@@H]2c2cccnc2)cc1. The molecule has 2 heterocycles. The molecule has 0 radical (unpaired) electrons. The molecule has 0 bridgehead atoms. The first-order valence-electron chi connectivity index (χ1n) is 8.72. The summed E-state index contributed by atoms with van der Waals surface area (Å²) in [6, 6.07) is 13.3. The zero-order chi connectivity index (χ0) is 15.9. The van der Waals surface area contributed by atoms with Gasteiger partial charge in [0, 0.05) is 25.0 Å². The van der Waals surface area contributed by atoms with Crippen molar-refractivity contribution in [2.75, 3.05) is 13.2 Å². The molecule has 1 atom stereocenters. The predicted molar refractivity (Wildman–Crippen MR) is 93.5 cm³/mol. The molecular weight excluding hydrogens is 284 g/mol. The summed E-state index contributed by atoms with van der Waals surface area (Å²) in [6.45, 7) is 5.07. The van der Waals surface area contributed by atoms with Crippen LogP contribution in [0.4, 0.5) is 0 Å². The Labute approximate surface area is 139 Å². The lowest BCUT2D eigenvalue weighted by atomic mass is 9.96. The Hall–Kier alpha value is -1.87. The number of rotatable bonds is 6.